The summed E-state index contributed by atoms with van der Waals surface area (Å²) in [6.45, 7) is 2.76. The molecule has 0 saturated carbocycles. The van der Waals surface area contributed by atoms with Gasteiger partial charge in [-0.15, -0.1) is 0 Å². The summed E-state index contributed by atoms with van der Waals surface area (Å²) in [5, 5.41) is 2.86. The van der Waals surface area contributed by atoms with Gasteiger partial charge in [-0.3, -0.25) is 4.84 Å². The van der Waals surface area contributed by atoms with Crippen molar-refractivity contribution in [2.75, 3.05) is 13.1 Å². The first-order chi connectivity index (χ1) is 10.3. The maximum absolute atomic E-state index is 6.04. The van der Waals surface area contributed by atoms with Gasteiger partial charge in [-0.25, -0.2) is 0 Å². The van der Waals surface area contributed by atoms with Gasteiger partial charge in [-0.05, 0) is 41.7 Å². The van der Waals surface area contributed by atoms with E-state index < -0.39 is 0 Å². The number of halogens is 1. The second-order valence-corrected chi connectivity index (χ2v) is 5.91. The van der Waals surface area contributed by atoms with Crippen LogP contribution in [0, 0.1) is 0 Å². The first-order valence-electron chi connectivity index (χ1n) is 7.54. The van der Waals surface area contributed by atoms with Crippen molar-refractivity contribution < 1.29 is 4.84 Å². The van der Waals surface area contributed by atoms with Gasteiger partial charge in [0, 0.05) is 18.1 Å². The lowest BCUT2D eigenvalue weighted by molar-refractivity contribution is -0.178. The van der Waals surface area contributed by atoms with Crippen molar-refractivity contribution in [3.05, 3.63) is 59.1 Å². The Morgan fingerprint density at radius 2 is 1.67 bits per heavy atom. The van der Waals surface area contributed by atoms with Crippen molar-refractivity contribution in [2.45, 2.75) is 25.9 Å². The number of hydroxylamine groups is 2. The van der Waals surface area contributed by atoms with Crippen LogP contribution < -0.4 is 0 Å². The summed E-state index contributed by atoms with van der Waals surface area (Å²) in [5.41, 5.74) is 3.52. The summed E-state index contributed by atoms with van der Waals surface area (Å²) in [5.74, 6) is 0. The highest BCUT2D eigenvalue weighted by Gasteiger charge is 2.10. The highest BCUT2D eigenvalue weighted by atomic mass is 35.5. The molecule has 0 amide bonds. The van der Waals surface area contributed by atoms with E-state index in [0.717, 1.165) is 23.7 Å². The lowest BCUT2D eigenvalue weighted by Crippen LogP contribution is -2.29. The molecule has 110 valence electrons. The monoisotopic (exact) mass is 301 g/mol. The number of hydrogen-bond acceptors (Lipinski definition) is 2. The van der Waals surface area contributed by atoms with Crippen LogP contribution in [0.2, 0.25) is 5.02 Å². The van der Waals surface area contributed by atoms with E-state index in [1.165, 1.54) is 30.4 Å². The molecule has 1 aliphatic heterocycles. The highest BCUT2D eigenvalue weighted by Crippen LogP contribution is 2.23. The van der Waals surface area contributed by atoms with Gasteiger partial charge in [-0.2, -0.15) is 5.06 Å². The van der Waals surface area contributed by atoms with E-state index in [4.69, 9.17) is 16.4 Å². The molecule has 0 bridgehead atoms. The second kappa shape index (κ2) is 7.08. The van der Waals surface area contributed by atoms with Crippen molar-refractivity contribution in [3.63, 3.8) is 0 Å². The van der Waals surface area contributed by atoms with Crippen LogP contribution >= 0.6 is 11.6 Å². The Bertz CT molecular complexity index is 576. The van der Waals surface area contributed by atoms with Gasteiger partial charge in [0.25, 0.3) is 0 Å². The molecule has 2 aromatic carbocycles. The number of hydrogen-bond donors (Lipinski definition) is 0. The molecule has 2 nitrogen and oxygen atoms in total. The molecule has 2 aromatic rings. The predicted octanol–water partition coefficient (Wildman–Crippen LogP) is 4.92. The molecule has 1 heterocycles. The Hall–Kier alpha value is -1.35. The maximum Gasteiger partial charge on any atom is 0.0935 e. The fourth-order valence-corrected chi connectivity index (χ4v) is 2.81. The Labute approximate surface area is 131 Å². The molecule has 0 aromatic heterocycles. The molecule has 0 aliphatic carbocycles. The van der Waals surface area contributed by atoms with Crippen molar-refractivity contribution in [3.8, 4) is 11.1 Å². The van der Waals surface area contributed by atoms with Crippen molar-refractivity contribution in [1.29, 1.82) is 0 Å². The molecule has 1 fully saturated rings. The van der Waals surface area contributed by atoms with Gasteiger partial charge in [0.15, 0.2) is 0 Å². The van der Waals surface area contributed by atoms with E-state index >= 15 is 0 Å². The first-order valence-corrected chi connectivity index (χ1v) is 7.92. The minimum atomic E-state index is 0.649. The average molecular weight is 302 g/mol. The number of rotatable bonds is 4. The molecule has 3 heteroatoms. The van der Waals surface area contributed by atoms with E-state index in [2.05, 4.69) is 35.4 Å². The number of benzene rings is 2. The Morgan fingerprint density at radius 1 is 0.905 bits per heavy atom. The quantitative estimate of drug-likeness (QED) is 0.794. The maximum atomic E-state index is 6.04. The molecule has 0 spiro atoms. The summed E-state index contributed by atoms with van der Waals surface area (Å²) < 4.78 is 0. The van der Waals surface area contributed by atoms with Gasteiger partial charge in [-0.1, -0.05) is 54.4 Å². The summed E-state index contributed by atoms with van der Waals surface area (Å²) in [6.07, 6.45) is 3.82. The molecule has 0 unspecified atom stereocenters. The van der Waals surface area contributed by atoms with Crippen molar-refractivity contribution >= 4 is 11.6 Å². The summed E-state index contributed by atoms with van der Waals surface area (Å²) in [4.78, 5) is 5.85. The summed E-state index contributed by atoms with van der Waals surface area (Å²) in [7, 11) is 0. The average Bonchev–Trinajstić information content (AvgIpc) is 2.54. The zero-order chi connectivity index (χ0) is 14.5. The predicted molar refractivity (Wildman–Crippen MR) is 87.1 cm³/mol. The molecule has 0 N–H and O–H groups in total. The van der Waals surface area contributed by atoms with Gasteiger partial charge in [0.2, 0.25) is 0 Å². The zero-order valence-corrected chi connectivity index (χ0v) is 12.9. The largest absolute Gasteiger partial charge is 0.294 e. The van der Waals surface area contributed by atoms with Crippen molar-refractivity contribution in [1.82, 2.24) is 5.06 Å². The second-order valence-electron chi connectivity index (χ2n) is 5.47. The molecular formula is C18H20ClNO. The van der Waals surface area contributed by atoms with Gasteiger partial charge in [0.1, 0.15) is 0 Å². The third kappa shape index (κ3) is 4.07. The van der Waals surface area contributed by atoms with Crippen LogP contribution in [0.25, 0.3) is 11.1 Å². The zero-order valence-electron chi connectivity index (χ0n) is 12.1. The lowest BCUT2D eigenvalue weighted by Gasteiger charge is -2.25. The van der Waals surface area contributed by atoms with Crippen LogP contribution in [0.15, 0.2) is 48.5 Å². The minimum Gasteiger partial charge on any atom is -0.294 e. The Morgan fingerprint density at radius 3 is 2.38 bits per heavy atom. The normalized spacial score (nSPS) is 16.0. The fourth-order valence-electron chi connectivity index (χ4n) is 2.62. The third-order valence-corrected chi connectivity index (χ3v) is 4.08. The van der Waals surface area contributed by atoms with Crippen molar-refractivity contribution in [2.24, 2.45) is 0 Å². The Balaban J connectivity index is 1.61. The topological polar surface area (TPSA) is 12.5 Å². The van der Waals surface area contributed by atoms with Crippen LogP contribution in [0.3, 0.4) is 0 Å². The van der Waals surface area contributed by atoms with E-state index in [-0.39, 0.29) is 0 Å². The standard InChI is InChI=1S/C18H20ClNO/c19-18-6-4-5-17(13-18)16-9-7-15(8-10-16)14-21-20-11-2-1-3-12-20/h4-10,13H,1-3,11-12,14H2. The van der Waals surface area contributed by atoms with Gasteiger partial charge >= 0.3 is 0 Å². The lowest BCUT2D eigenvalue weighted by atomic mass is 10.0. The summed E-state index contributed by atoms with van der Waals surface area (Å²) in [6, 6.07) is 16.4. The summed E-state index contributed by atoms with van der Waals surface area (Å²) >= 11 is 6.04. The van der Waals surface area contributed by atoms with E-state index in [9.17, 15) is 0 Å². The van der Waals surface area contributed by atoms with Crippen LogP contribution in [0.1, 0.15) is 24.8 Å². The van der Waals surface area contributed by atoms with E-state index in [1.807, 2.05) is 18.2 Å². The fraction of sp³-hybridized carbons (Fsp3) is 0.333. The SMILES string of the molecule is Clc1cccc(-c2ccc(CON3CCCCC3)cc2)c1. The molecule has 1 saturated heterocycles. The minimum absolute atomic E-state index is 0.649. The van der Waals surface area contributed by atoms with Crippen LogP contribution in [0.5, 0.6) is 0 Å². The number of piperidine rings is 1. The first kappa shape index (κ1) is 14.6. The van der Waals surface area contributed by atoms with Gasteiger partial charge in [0.05, 0.1) is 6.61 Å². The molecule has 3 rings (SSSR count). The van der Waals surface area contributed by atoms with Crippen LogP contribution in [-0.2, 0) is 11.4 Å². The molecular weight excluding hydrogens is 282 g/mol. The van der Waals surface area contributed by atoms with Crippen LogP contribution in [-0.4, -0.2) is 18.2 Å². The molecule has 21 heavy (non-hydrogen) atoms. The highest BCUT2D eigenvalue weighted by molar-refractivity contribution is 6.30. The van der Waals surface area contributed by atoms with E-state index in [1.54, 1.807) is 0 Å². The van der Waals surface area contributed by atoms with Crippen LogP contribution in [0.4, 0.5) is 0 Å². The molecule has 0 radical (unpaired) electrons. The van der Waals surface area contributed by atoms with E-state index in [0.29, 0.717) is 6.61 Å². The number of nitrogens with zero attached hydrogens (tertiary/aromatic N) is 1. The third-order valence-electron chi connectivity index (χ3n) is 3.84. The Kier molecular flexibility index (Phi) is 4.91. The molecule has 0 atom stereocenters. The smallest absolute Gasteiger partial charge is 0.0935 e. The van der Waals surface area contributed by atoms with Gasteiger partial charge < -0.3 is 0 Å². The molecule has 1 aliphatic rings.